The summed E-state index contributed by atoms with van der Waals surface area (Å²) in [6.45, 7) is 3.07. The van der Waals surface area contributed by atoms with Crippen molar-refractivity contribution in [3.05, 3.63) is 0 Å². The molecule has 1 unspecified atom stereocenters. The molecule has 1 fully saturated rings. The van der Waals surface area contributed by atoms with Crippen molar-refractivity contribution in [1.82, 2.24) is 10.2 Å². The van der Waals surface area contributed by atoms with Gasteiger partial charge < -0.3 is 5.32 Å². The third kappa shape index (κ3) is 3.93. The second-order valence-electron chi connectivity index (χ2n) is 4.49. The van der Waals surface area contributed by atoms with E-state index in [-0.39, 0.29) is 17.7 Å². The predicted octanol–water partition coefficient (Wildman–Crippen LogP) is 0.956. The van der Waals surface area contributed by atoms with Crippen molar-refractivity contribution < 1.29 is 9.59 Å². The van der Waals surface area contributed by atoms with Crippen LogP contribution in [0.1, 0.15) is 39.0 Å². The first kappa shape index (κ1) is 13.2. The van der Waals surface area contributed by atoms with Crippen molar-refractivity contribution >= 4 is 11.7 Å². The molecule has 1 atom stereocenters. The van der Waals surface area contributed by atoms with Gasteiger partial charge in [0, 0.05) is 13.0 Å². The highest BCUT2D eigenvalue weighted by atomic mass is 16.2. The highest BCUT2D eigenvalue weighted by molar-refractivity contribution is 5.85. The summed E-state index contributed by atoms with van der Waals surface area (Å²) in [4.78, 5) is 25.0. The lowest BCUT2D eigenvalue weighted by Crippen LogP contribution is -2.45. The fourth-order valence-electron chi connectivity index (χ4n) is 2.09. The lowest BCUT2D eigenvalue weighted by Gasteiger charge is -2.29. The van der Waals surface area contributed by atoms with Gasteiger partial charge in [-0.15, -0.1) is 0 Å². The molecule has 1 aliphatic rings. The fourth-order valence-corrected chi connectivity index (χ4v) is 2.09. The van der Waals surface area contributed by atoms with E-state index in [1.807, 2.05) is 18.9 Å². The number of rotatable bonds is 5. The van der Waals surface area contributed by atoms with Crippen LogP contribution in [0.15, 0.2) is 0 Å². The average molecular weight is 226 g/mol. The molecule has 1 N–H and O–H groups in total. The zero-order chi connectivity index (χ0) is 12.0. The highest BCUT2D eigenvalue weighted by Gasteiger charge is 2.26. The Hall–Kier alpha value is -0.900. The highest BCUT2D eigenvalue weighted by Crippen LogP contribution is 2.18. The van der Waals surface area contributed by atoms with Crippen molar-refractivity contribution in [2.75, 3.05) is 20.1 Å². The van der Waals surface area contributed by atoms with Gasteiger partial charge in [-0.2, -0.15) is 0 Å². The van der Waals surface area contributed by atoms with Crippen LogP contribution < -0.4 is 5.32 Å². The van der Waals surface area contributed by atoms with Crippen LogP contribution in [0.5, 0.6) is 0 Å². The first-order valence-corrected chi connectivity index (χ1v) is 6.14. The van der Waals surface area contributed by atoms with Gasteiger partial charge in [-0.25, -0.2) is 0 Å². The van der Waals surface area contributed by atoms with E-state index in [9.17, 15) is 9.59 Å². The lowest BCUT2D eigenvalue weighted by molar-refractivity contribution is -0.128. The first-order valence-electron chi connectivity index (χ1n) is 6.14. The summed E-state index contributed by atoms with van der Waals surface area (Å²) in [5.41, 5.74) is 0. The number of likely N-dealkylation sites (N-methyl/N-ethyl adjacent to an activating group) is 1. The molecule has 1 aliphatic carbocycles. The van der Waals surface area contributed by atoms with Gasteiger partial charge in [-0.1, -0.05) is 13.3 Å². The monoisotopic (exact) mass is 226 g/mol. The van der Waals surface area contributed by atoms with Crippen molar-refractivity contribution in [2.24, 2.45) is 0 Å². The second-order valence-corrected chi connectivity index (χ2v) is 4.49. The molecule has 0 aromatic heterocycles. The van der Waals surface area contributed by atoms with Gasteiger partial charge in [-0.05, 0) is 26.3 Å². The smallest absolute Gasteiger partial charge is 0.234 e. The molecule has 0 aromatic carbocycles. The standard InChI is InChI=1S/C12H22N2O2/c1-3-8-13-12(16)9-14(2)10-6-4-5-7-11(10)15/h10H,3-9H2,1-2H3,(H,13,16). The maximum atomic E-state index is 11.7. The van der Waals surface area contributed by atoms with Gasteiger partial charge >= 0.3 is 0 Å². The van der Waals surface area contributed by atoms with E-state index in [0.717, 1.165) is 25.7 Å². The van der Waals surface area contributed by atoms with Crippen molar-refractivity contribution in [2.45, 2.75) is 45.1 Å². The van der Waals surface area contributed by atoms with E-state index in [2.05, 4.69) is 5.32 Å². The molecule has 1 saturated carbocycles. The third-order valence-corrected chi connectivity index (χ3v) is 3.02. The number of nitrogens with zero attached hydrogens (tertiary/aromatic N) is 1. The molecular formula is C12H22N2O2. The van der Waals surface area contributed by atoms with Crippen LogP contribution in [-0.4, -0.2) is 42.8 Å². The number of nitrogens with one attached hydrogen (secondary N) is 1. The minimum absolute atomic E-state index is 0.0164. The van der Waals surface area contributed by atoms with E-state index in [1.165, 1.54) is 0 Å². The van der Waals surface area contributed by atoms with Gasteiger partial charge in [0.1, 0.15) is 5.78 Å². The molecule has 0 aromatic rings. The molecule has 1 amide bonds. The number of amides is 1. The summed E-state index contributed by atoms with van der Waals surface area (Å²) >= 11 is 0. The van der Waals surface area contributed by atoms with E-state index in [4.69, 9.17) is 0 Å². The van der Waals surface area contributed by atoms with Crippen LogP contribution in [0.2, 0.25) is 0 Å². The molecule has 16 heavy (non-hydrogen) atoms. The molecular weight excluding hydrogens is 204 g/mol. The number of Topliss-reactive ketones (excluding diaryl/α,β-unsaturated/α-hetero) is 1. The zero-order valence-electron chi connectivity index (χ0n) is 10.3. The van der Waals surface area contributed by atoms with Gasteiger partial charge in [0.05, 0.1) is 12.6 Å². The van der Waals surface area contributed by atoms with Crippen LogP contribution in [0, 0.1) is 0 Å². The van der Waals surface area contributed by atoms with Gasteiger partial charge in [-0.3, -0.25) is 14.5 Å². The molecule has 0 saturated heterocycles. The van der Waals surface area contributed by atoms with Crippen LogP contribution in [0.25, 0.3) is 0 Å². The summed E-state index contributed by atoms with van der Waals surface area (Å²) in [5.74, 6) is 0.305. The first-order chi connectivity index (χ1) is 7.65. The maximum Gasteiger partial charge on any atom is 0.234 e. The maximum absolute atomic E-state index is 11.7. The number of hydrogen-bond donors (Lipinski definition) is 1. The van der Waals surface area contributed by atoms with Crippen LogP contribution in [0.4, 0.5) is 0 Å². The molecule has 1 rings (SSSR count). The van der Waals surface area contributed by atoms with E-state index >= 15 is 0 Å². The van der Waals surface area contributed by atoms with Crippen molar-refractivity contribution in [3.63, 3.8) is 0 Å². The predicted molar refractivity (Wildman–Crippen MR) is 63.2 cm³/mol. The minimum atomic E-state index is -0.0406. The Labute approximate surface area is 97.4 Å². The van der Waals surface area contributed by atoms with Crippen molar-refractivity contribution in [1.29, 1.82) is 0 Å². The largest absolute Gasteiger partial charge is 0.355 e. The molecule has 0 spiro atoms. The van der Waals surface area contributed by atoms with Crippen molar-refractivity contribution in [3.8, 4) is 0 Å². The van der Waals surface area contributed by atoms with Crippen LogP contribution >= 0.6 is 0 Å². The topological polar surface area (TPSA) is 49.4 Å². The summed E-state index contributed by atoms with van der Waals surface area (Å²) in [7, 11) is 1.86. The van der Waals surface area contributed by atoms with E-state index < -0.39 is 0 Å². The quantitative estimate of drug-likeness (QED) is 0.759. The molecule has 0 radical (unpaired) electrons. The van der Waals surface area contributed by atoms with Gasteiger partial charge in [0.2, 0.25) is 5.91 Å². The fraction of sp³-hybridized carbons (Fsp3) is 0.833. The molecule has 4 nitrogen and oxygen atoms in total. The van der Waals surface area contributed by atoms with Crippen LogP contribution in [0.3, 0.4) is 0 Å². The summed E-state index contributed by atoms with van der Waals surface area (Å²) in [5, 5.41) is 2.83. The van der Waals surface area contributed by atoms with Gasteiger partial charge in [0.25, 0.3) is 0 Å². The van der Waals surface area contributed by atoms with E-state index in [0.29, 0.717) is 19.5 Å². The Balaban J connectivity index is 2.35. The Kier molecular flexibility index (Phi) is 5.46. The lowest BCUT2D eigenvalue weighted by atomic mass is 9.93. The summed E-state index contributed by atoms with van der Waals surface area (Å²) in [6.07, 6.45) is 4.61. The molecule has 4 heteroatoms. The Morgan fingerprint density at radius 1 is 1.50 bits per heavy atom. The molecule has 0 aliphatic heterocycles. The summed E-state index contributed by atoms with van der Waals surface area (Å²) in [6, 6.07) is -0.0406. The van der Waals surface area contributed by atoms with E-state index in [1.54, 1.807) is 0 Å². The molecule has 0 heterocycles. The summed E-state index contributed by atoms with van der Waals surface area (Å²) < 4.78 is 0. The van der Waals surface area contributed by atoms with Gasteiger partial charge in [0.15, 0.2) is 0 Å². The Morgan fingerprint density at radius 3 is 2.88 bits per heavy atom. The number of hydrogen-bond acceptors (Lipinski definition) is 3. The second kappa shape index (κ2) is 6.63. The zero-order valence-corrected chi connectivity index (χ0v) is 10.3. The molecule has 0 bridgehead atoms. The number of carbonyl (C=O) groups is 2. The number of ketones is 1. The van der Waals surface area contributed by atoms with Crippen LogP contribution in [-0.2, 0) is 9.59 Å². The Bertz CT molecular complexity index is 253. The SMILES string of the molecule is CCCNC(=O)CN(C)C1CCCCC1=O. The normalized spacial score (nSPS) is 21.2. The average Bonchev–Trinajstić information content (AvgIpc) is 2.26. The molecule has 92 valence electrons. The third-order valence-electron chi connectivity index (χ3n) is 3.02. The number of carbonyl (C=O) groups excluding carboxylic acids is 2. The Morgan fingerprint density at radius 2 is 2.25 bits per heavy atom. The minimum Gasteiger partial charge on any atom is -0.355 e.